The molecule has 5 rings (SSSR count). The number of hydrogen-bond donors (Lipinski definition) is 0. The van der Waals surface area contributed by atoms with E-state index in [9.17, 15) is 0 Å². The number of benzene rings is 1. The van der Waals surface area contributed by atoms with Crippen LogP contribution in [0, 0.1) is 0 Å². The van der Waals surface area contributed by atoms with Gasteiger partial charge in [-0.3, -0.25) is 4.98 Å². The quantitative estimate of drug-likeness (QED) is 0.722. The van der Waals surface area contributed by atoms with Gasteiger partial charge in [-0.05, 0) is 37.0 Å². The first-order valence-corrected chi connectivity index (χ1v) is 9.07. The van der Waals surface area contributed by atoms with E-state index in [1.54, 1.807) is 0 Å². The average molecular weight is 331 g/mol. The van der Waals surface area contributed by atoms with Gasteiger partial charge in [0, 0.05) is 49.7 Å². The molecule has 0 N–H and O–H groups in total. The number of aromatic nitrogens is 3. The van der Waals surface area contributed by atoms with Crippen molar-refractivity contribution < 1.29 is 0 Å². The molecule has 0 spiro atoms. The predicted molar refractivity (Wildman–Crippen MR) is 100 cm³/mol. The third kappa shape index (κ3) is 2.51. The Labute approximate surface area is 147 Å². The number of hydrogen-bond acceptors (Lipinski definition) is 5. The van der Waals surface area contributed by atoms with Gasteiger partial charge in [0.15, 0.2) is 0 Å². The van der Waals surface area contributed by atoms with Gasteiger partial charge in [-0.1, -0.05) is 18.2 Å². The Hall–Kier alpha value is -2.69. The maximum absolute atomic E-state index is 4.92. The normalized spacial score (nSPS) is 17.1. The number of nitrogens with zero attached hydrogens (tertiary/aromatic N) is 5. The minimum absolute atomic E-state index is 0.840. The molecule has 0 atom stereocenters. The minimum Gasteiger partial charge on any atom is -0.367 e. The van der Waals surface area contributed by atoms with Crippen molar-refractivity contribution in [3.63, 3.8) is 0 Å². The molecule has 1 fully saturated rings. The molecule has 5 heteroatoms. The van der Waals surface area contributed by atoms with Crippen molar-refractivity contribution in [2.45, 2.75) is 19.3 Å². The molecule has 1 saturated heterocycles. The highest BCUT2D eigenvalue weighted by atomic mass is 15.3. The van der Waals surface area contributed by atoms with Crippen LogP contribution in [0.25, 0.3) is 10.9 Å². The zero-order valence-electron chi connectivity index (χ0n) is 14.2. The SMILES string of the molecule is c1cnc(N2CCN(c3c4c(nc5ccccc35)CCC4)CC2)nc1. The number of anilines is 2. The minimum atomic E-state index is 0.840. The summed E-state index contributed by atoms with van der Waals surface area (Å²) in [5.41, 5.74) is 5.34. The number of piperazine rings is 1. The number of fused-ring (bicyclic) bond motifs is 2. The molecule has 1 aliphatic carbocycles. The molecule has 1 aliphatic heterocycles. The van der Waals surface area contributed by atoms with E-state index in [0.29, 0.717) is 0 Å². The largest absolute Gasteiger partial charge is 0.367 e. The summed E-state index contributed by atoms with van der Waals surface area (Å²) >= 11 is 0. The fourth-order valence-corrected chi connectivity index (χ4v) is 4.13. The van der Waals surface area contributed by atoms with E-state index < -0.39 is 0 Å². The van der Waals surface area contributed by atoms with E-state index in [2.05, 4.69) is 44.0 Å². The van der Waals surface area contributed by atoms with Crippen LogP contribution < -0.4 is 9.80 Å². The first-order valence-electron chi connectivity index (χ1n) is 9.07. The van der Waals surface area contributed by atoms with Gasteiger partial charge >= 0.3 is 0 Å². The number of rotatable bonds is 2. The second-order valence-electron chi connectivity index (χ2n) is 6.78. The summed E-state index contributed by atoms with van der Waals surface area (Å²) in [6.07, 6.45) is 7.13. The molecular weight excluding hydrogens is 310 g/mol. The van der Waals surface area contributed by atoms with E-state index in [0.717, 1.165) is 50.5 Å². The van der Waals surface area contributed by atoms with Gasteiger partial charge in [0.05, 0.1) is 11.2 Å². The zero-order valence-corrected chi connectivity index (χ0v) is 14.2. The lowest BCUT2D eigenvalue weighted by Crippen LogP contribution is -2.47. The van der Waals surface area contributed by atoms with E-state index in [4.69, 9.17) is 4.98 Å². The van der Waals surface area contributed by atoms with Gasteiger partial charge in [0.25, 0.3) is 0 Å². The standard InChI is InChI=1S/C20H21N5/c1-2-7-17-15(5-1)19(16-6-3-8-18(16)23-17)24-11-13-25(14-12-24)20-21-9-4-10-22-20/h1-2,4-5,7,9-10H,3,6,8,11-14H2. The summed E-state index contributed by atoms with van der Waals surface area (Å²) in [7, 11) is 0. The summed E-state index contributed by atoms with van der Waals surface area (Å²) in [6.45, 7) is 3.91. The summed E-state index contributed by atoms with van der Waals surface area (Å²) in [5.74, 6) is 0.840. The van der Waals surface area contributed by atoms with Crippen LogP contribution in [0.1, 0.15) is 17.7 Å². The number of aryl methyl sites for hydroxylation is 1. The zero-order chi connectivity index (χ0) is 16.6. The van der Waals surface area contributed by atoms with Gasteiger partial charge in [0.1, 0.15) is 0 Å². The maximum Gasteiger partial charge on any atom is 0.225 e. The molecule has 1 aromatic carbocycles. The summed E-state index contributed by atoms with van der Waals surface area (Å²) in [6, 6.07) is 10.5. The van der Waals surface area contributed by atoms with Crippen LogP contribution in [0.15, 0.2) is 42.7 Å². The first-order chi connectivity index (χ1) is 12.4. The first kappa shape index (κ1) is 14.6. The molecule has 126 valence electrons. The van der Waals surface area contributed by atoms with Gasteiger partial charge < -0.3 is 9.80 Å². The van der Waals surface area contributed by atoms with Crippen molar-refractivity contribution in [2.75, 3.05) is 36.0 Å². The lowest BCUT2D eigenvalue weighted by atomic mass is 10.0. The highest BCUT2D eigenvalue weighted by Gasteiger charge is 2.26. The smallest absolute Gasteiger partial charge is 0.225 e. The predicted octanol–water partition coefficient (Wildman–Crippen LogP) is 2.84. The fourth-order valence-electron chi connectivity index (χ4n) is 4.13. The van der Waals surface area contributed by atoms with Gasteiger partial charge in [-0.2, -0.15) is 0 Å². The Kier molecular flexibility index (Phi) is 3.51. The monoisotopic (exact) mass is 331 g/mol. The van der Waals surface area contributed by atoms with Crippen LogP contribution in [0.2, 0.25) is 0 Å². The van der Waals surface area contributed by atoms with Crippen LogP contribution in [0.3, 0.4) is 0 Å². The van der Waals surface area contributed by atoms with Crippen molar-refractivity contribution in [1.82, 2.24) is 15.0 Å². The van der Waals surface area contributed by atoms with Gasteiger partial charge in [0.2, 0.25) is 5.95 Å². The lowest BCUT2D eigenvalue weighted by Gasteiger charge is -2.37. The number of pyridine rings is 1. The van der Waals surface area contributed by atoms with Crippen molar-refractivity contribution in [3.05, 3.63) is 54.0 Å². The molecule has 0 unspecified atom stereocenters. The highest BCUT2D eigenvalue weighted by Crippen LogP contribution is 2.37. The maximum atomic E-state index is 4.92. The molecule has 0 bridgehead atoms. The Morgan fingerprint density at radius 3 is 2.40 bits per heavy atom. The van der Waals surface area contributed by atoms with Gasteiger partial charge in [-0.25, -0.2) is 9.97 Å². The van der Waals surface area contributed by atoms with E-state index in [1.165, 1.54) is 28.8 Å². The average Bonchev–Trinajstić information content (AvgIpc) is 3.15. The molecule has 2 aromatic heterocycles. The van der Waals surface area contributed by atoms with E-state index >= 15 is 0 Å². The molecule has 3 heterocycles. The van der Waals surface area contributed by atoms with Crippen LogP contribution in [-0.4, -0.2) is 41.1 Å². The van der Waals surface area contributed by atoms with Crippen LogP contribution >= 0.6 is 0 Å². The second-order valence-corrected chi connectivity index (χ2v) is 6.78. The summed E-state index contributed by atoms with van der Waals surface area (Å²) < 4.78 is 0. The third-order valence-corrected chi connectivity index (χ3v) is 5.32. The van der Waals surface area contributed by atoms with E-state index in [1.807, 2.05) is 18.5 Å². The molecule has 2 aliphatic rings. The summed E-state index contributed by atoms with van der Waals surface area (Å²) in [4.78, 5) is 18.5. The fraction of sp³-hybridized carbons (Fsp3) is 0.350. The molecule has 0 amide bonds. The second kappa shape index (κ2) is 5.99. The molecular formula is C20H21N5. The Morgan fingerprint density at radius 1 is 0.800 bits per heavy atom. The Balaban J connectivity index is 1.49. The molecule has 25 heavy (non-hydrogen) atoms. The van der Waals surface area contributed by atoms with E-state index in [-0.39, 0.29) is 0 Å². The number of para-hydroxylation sites is 1. The Morgan fingerprint density at radius 2 is 1.56 bits per heavy atom. The molecule has 0 saturated carbocycles. The van der Waals surface area contributed by atoms with Crippen molar-refractivity contribution in [2.24, 2.45) is 0 Å². The molecule has 0 radical (unpaired) electrons. The van der Waals surface area contributed by atoms with Crippen LogP contribution in [0.5, 0.6) is 0 Å². The van der Waals surface area contributed by atoms with Crippen LogP contribution in [0.4, 0.5) is 11.6 Å². The van der Waals surface area contributed by atoms with Crippen molar-refractivity contribution >= 4 is 22.5 Å². The van der Waals surface area contributed by atoms with Crippen molar-refractivity contribution in [3.8, 4) is 0 Å². The highest BCUT2D eigenvalue weighted by molar-refractivity contribution is 5.94. The Bertz CT molecular complexity index is 901. The van der Waals surface area contributed by atoms with Crippen molar-refractivity contribution in [1.29, 1.82) is 0 Å². The van der Waals surface area contributed by atoms with Crippen LogP contribution in [-0.2, 0) is 12.8 Å². The molecule has 5 nitrogen and oxygen atoms in total. The summed E-state index contributed by atoms with van der Waals surface area (Å²) in [5, 5.41) is 1.30. The lowest BCUT2D eigenvalue weighted by molar-refractivity contribution is 0.639. The van der Waals surface area contributed by atoms with Gasteiger partial charge in [-0.15, -0.1) is 0 Å². The topological polar surface area (TPSA) is 45.2 Å². The molecule has 3 aromatic rings. The third-order valence-electron chi connectivity index (χ3n) is 5.32.